The monoisotopic (exact) mass is 393 g/mol. The van der Waals surface area contributed by atoms with E-state index in [-0.39, 0.29) is 6.54 Å². The lowest BCUT2D eigenvalue weighted by Gasteiger charge is -2.17. The fourth-order valence-electron chi connectivity index (χ4n) is 2.28. The first kappa shape index (κ1) is 18.3. The van der Waals surface area contributed by atoms with Gasteiger partial charge in [0.25, 0.3) is 0 Å². The highest BCUT2D eigenvalue weighted by molar-refractivity contribution is 9.10. The molecule has 0 amide bonds. The number of ether oxygens (including phenoxy) is 2. The van der Waals surface area contributed by atoms with Gasteiger partial charge in [0, 0.05) is 16.6 Å². The fourth-order valence-corrected chi connectivity index (χ4v) is 2.73. The van der Waals surface area contributed by atoms with Crippen molar-refractivity contribution in [2.24, 2.45) is 0 Å². The maximum Gasteiger partial charge on any atom is 0.317 e. The zero-order valence-corrected chi connectivity index (χ0v) is 15.2. The number of aliphatic carboxylic acids is 1. The smallest absolute Gasteiger partial charge is 0.317 e. The summed E-state index contributed by atoms with van der Waals surface area (Å²) >= 11 is 3.50. The second kappa shape index (κ2) is 8.70. The summed E-state index contributed by atoms with van der Waals surface area (Å²) in [5, 5.41) is 11.7. The minimum Gasteiger partial charge on any atom is -0.493 e. The number of benzene rings is 2. The Labute approximate surface area is 149 Å². The molecule has 2 N–H and O–H groups in total. The quantitative estimate of drug-likeness (QED) is 0.717. The Kier molecular flexibility index (Phi) is 6.63. The highest BCUT2D eigenvalue weighted by Gasteiger charge is 2.15. The molecule has 2 aromatic rings. The van der Waals surface area contributed by atoms with Crippen LogP contribution in [0, 0.1) is 6.92 Å². The number of carboxylic acids is 1. The summed E-state index contributed by atoms with van der Waals surface area (Å²) in [7, 11) is 1.58. The molecule has 24 heavy (non-hydrogen) atoms. The van der Waals surface area contributed by atoms with Crippen molar-refractivity contribution in [3.05, 3.63) is 57.6 Å². The molecule has 2 rings (SSSR count). The van der Waals surface area contributed by atoms with Crippen LogP contribution in [0.2, 0.25) is 0 Å². The van der Waals surface area contributed by atoms with Crippen molar-refractivity contribution in [2.75, 3.05) is 13.7 Å². The van der Waals surface area contributed by atoms with Crippen molar-refractivity contribution in [3.8, 4) is 11.5 Å². The summed E-state index contributed by atoms with van der Waals surface area (Å²) in [4.78, 5) is 10.7. The average Bonchev–Trinajstić information content (AvgIpc) is 2.56. The standard InChI is InChI=1S/C18H20BrNO4/c1-12-5-3-4-6-13(12)11-24-18-14(9-20-10-17(21)22)15(19)7-8-16(18)23-2/h3-8,20H,9-11H2,1-2H3,(H,21,22). The van der Waals surface area contributed by atoms with Crippen LogP contribution >= 0.6 is 15.9 Å². The molecule has 0 heterocycles. The summed E-state index contributed by atoms with van der Waals surface area (Å²) in [6, 6.07) is 11.7. The van der Waals surface area contributed by atoms with E-state index < -0.39 is 5.97 Å². The Morgan fingerprint density at radius 2 is 2.00 bits per heavy atom. The lowest BCUT2D eigenvalue weighted by Crippen LogP contribution is -2.22. The number of rotatable bonds is 8. The van der Waals surface area contributed by atoms with Crippen LogP contribution in [0.3, 0.4) is 0 Å². The number of methoxy groups -OCH3 is 1. The zero-order chi connectivity index (χ0) is 17.5. The molecule has 0 aliphatic carbocycles. The summed E-state index contributed by atoms with van der Waals surface area (Å²) in [5.74, 6) is 0.309. The second-order valence-electron chi connectivity index (χ2n) is 5.27. The predicted octanol–water partition coefficient (Wildman–Crippen LogP) is 3.52. The van der Waals surface area contributed by atoms with Crippen molar-refractivity contribution in [1.29, 1.82) is 0 Å². The number of aryl methyl sites for hydroxylation is 1. The number of halogens is 1. The van der Waals surface area contributed by atoms with E-state index >= 15 is 0 Å². The summed E-state index contributed by atoms with van der Waals surface area (Å²) in [5.41, 5.74) is 3.06. The minimum atomic E-state index is -0.906. The highest BCUT2D eigenvalue weighted by atomic mass is 79.9. The molecule has 0 atom stereocenters. The van der Waals surface area contributed by atoms with Gasteiger partial charge < -0.3 is 19.9 Å². The van der Waals surface area contributed by atoms with E-state index in [1.54, 1.807) is 7.11 Å². The Morgan fingerprint density at radius 3 is 2.67 bits per heavy atom. The van der Waals surface area contributed by atoms with Crippen LogP contribution in [0.1, 0.15) is 16.7 Å². The highest BCUT2D eigenvalue weighted by Crippen LogP contribution is 2.36. The number of carboxylic acid groups (broad SMARTS) is 1. The third kappa shape index (κ3) is 4.72. The van der Waals surface area contributed by atoms with Gasteiger partial charge in [0.05, 0.1) is 13.7 Å². The molecule has 0 bridgehead atoms. The van der Waals surface area contributed by atoms with Crippen LogP contribution in [-0.4, -0.2) is 24.7 Å². The van der Waals surface area contributed by atoms with E-state index in [1.165, 1.54) is 0 Å². The van der Waals surface area contributed by atoms with Crippen LogP contribution in [0.4, 0.5) is 0 Å². The van der Waals surface area contributed by atoms with Gasteiger partial charge >= 0.3 is 5.97 Å². The van der Waals surface area contributed by atoms with Crippen LogP contribution in [0.25, 0.3) is 0 Å². The SMILES string of the molecule is COc1ccc(Br)c(CNCC(=O)O)c1OCc1ccccc1C. The Morgan fingerprint density at radius 1 is 1.25 bits per heavy atom. The number of hydrogen-bond donors (Lipinski definition) is 2. The van der Waals surface area contributed by atoms with Crippen molar-refractivity contribution >= 4 is 21.9 Å². The maximum absolute atomic E-state index is 10.7. The molecule has 6 heteroatoms. The van der Waals surface area contributed by atoms with E-state index in [2.05, 4.69) is 21.2 Å². The molecule has 0 spiro atoms. The van der Waals surface area contributed by atoms with Crippen LogP contribution < -0.4 is 14.8 Å². The van der Waals surface area contributed by atoms with E-state index in [0.717, 1.165) is 21.2 Å². The Bertz CT molecular complexity index is 718. The second-order valence-corrected chi connectivity index (χ2v) is 6.12. The number of hydrogen-bond acceptors (Lipinski definition) is 4. The molecule has 0 saturated carbocycles. The maximum atomic E-state index is 10.7. The van der Waals surface area contributed by atoms with Crippen LogP contribution in [0.5, 0.6) is 11.5 Å². The van der Waals surface area contributed by atoms with Crippen LogP contribution in [0.15, 0.2) is 40.9 Å². The number of nitrogens with one attached hydrogen (secondary N) is 1. The molecule has 0 aromatic heterocycles. The molecular formula is C18H20BrNO4. The fraction of sp³-hybridized carbons (Fsp3) is 0.278. The first-order valence-electron chi connectivity index (χ1n) is 7.48. The topological polar surface area (TPSA) is 67.8 Å². The molecule has 0 fully saturated rings. The third-order valence-corrected chi connectivity index (χ3v) is 4.34. The zero-order valence-electron chi connectivity index (χ0n) is 13.6. The molecule has 5 nitrogen and oxygen atoms in total. The summed E-state index contributed by atoms with van der Waals surface area (Å²) < 4.78 is 12.3. The summed E-state index contributed by atoms with van der Waals surface area (Å²) in [6.45, 7) is 2.67. The van der Waals surface area contributed by atoms with Gasteiger partial charge in [-0.1, -0.05) is 40.2 Å². The summed E-state index contributed by atoms with van der Waals surface area (Å²) in [6.07, 6.45) is 0. The molecular weight excluding hydrogens is 374 g/mol. The van der Waals surface area contributed by atoms with E-state index in [0.29, 0.717) is 24.7 Å². The lowest BCUT2D eigenvalue weighted by molar-refractivity contribution is -0.136. The van der Waals surface area contributed by atoms with Crippen molar-refractivity contribution < 1.29 is 19.4 Å². The largest absolute Gasteiger partial charge is 0.493 e. The van der Waals surface area contributed by atoms with Gasteiger partial charge in [-0.2, -0.15) is 0 Å². The van der Waals surface area contributed by atoms with Crippen LogP contribution in [-0.2, 0) is 17.9 Å². The molecule has 128 valence electrons. The van der Waals surface area contributed by atoms with Gasteiger partial charge in [0.1, 0.15) is 6.61 Å². The van der Waals surface area contributed by atoms with E-state index in [9.17, 15) is 4.79 Å². The first-order chi connectivity index (χ1) is 11.5. The Balaban J connectivity index is 2.23. The predicted molar refractivity (Wildman–Crippen MR) is 95.5 cm³/mol. The molecule has 0 aliphatic rings. The molecule has 0 unspecified atom stereocenters. The Hall–Kier alpha value is -2.05. The first-order valence-corrected chi connectivity index (χ1v) is 8.27. The van der Waals surface area contributed by atoms with Gasteiger partial charge in [0.2, 0.25) is 0 Å². The molecule has 0 radical (unpaired) electrons. The molecule has 0 saturated heterocycles. The van der Waals surface area contributed by atoms with Crippen molar-refractivity contribution in [1.82, 2.24) is 5.32 Å². The van der Waals surface area contributed by atoms with E-state index in [1.807, 2.05) is 43.3 Å². The van der Waals surface area contributed by atoms with Crippen molar-refractivity contribution in [2.45, 2.75) is 20.1 Å². The van der Waals surface area contributed by atoms with E-state index in [4.69, 9.17) is 14.6 Å². The normalized spacial score (nSPS) is 10.5. The average molecular weight is 394 g/mol. The molecule has 2 aromatic carbocycles. The molecule has 0 aliphatic heterocycles. The third-order valence-electron chi connectivity index (χ3n) is 3.60. The van der Waals surface area contributed by atoms with Crippen molar-refractivity contribution in [3.63, 3.8) is 0 Å². The van der Waals surface area contributed by atoms with Gasteiger partial charge in [0.15, 0.2) is 11.5 Å². The van der Waals surface area contributed by atoms with Gasteiger partial charge in [-0.05, 0) is 30.2 Å². The minimum absolute atomic E-state index is 0.124. The van der Waals surface area contributed by atoms with Gasteiger partial charge in [-0.3, -0.25) is 4.79 Å². The van der Waals surface area contributed by atoms with Gasteiger partial charge in [-0.15, -0.1) is 0 Å². The number of carbonyl (C=O) groups is 1. The van der Waals surface area contributed by atoms with Gasteiger partial charge in [-0.25, -0.2) is 0 Å². The lowest BCUT2D eigenvalue weighted by atomic mass is 10.1.